The van der Waals surface area contributed by atoms with Crippen molar-refractivity contribution in [3.8, 4) is 5.75 Å². The smallest absolute Gasteiger partial charge is 0.233 e. The quantitative estimate of drug-likeness (QED) is 0.742. The summed E-state index contributed by atoms with van der Waals surface area (Å²) in [5.74, 6) is 0.875. The highest BCUT2D eigenvalue weighted by atomic mass is 32.2. The Morgan fingerprint density at radius 1 is 1.33 bits per heavy atom. The van der Waals surface area contributed by atoms with E-state index in [-0.39, 0.29) is 17.2 Å². The summed E-state index contributed by atoms with van der Waals surface area (Å²) in [5.41, 5.74) is 1.23. The number of benzene rings is 1. The number of thioether (sulfide) groups is 1. The lowest BCUT2D eigenvalue weighted by Crippen LogP contribution is -2.38. The Labute approximate surface area is 147 Å². The molecule has 0 aliphatic rings. The van der Waals surface area contributed by atoms with Gasteiger partial charge >= 0.3 is 0 Å². The topological polar surface area (TPSA) is 69.0 Å². The second-order valence-corrected chi connectivity index (χ2v) is 7.09. The van der Waals surface area contributed by atoms with Crippen molar-refractivity contribution < 1.29 is 9.53 Å². The normalized spacial score (nSPS) is 13.3. The second-order valence-electron chi connectivity index (χ2n) is 5.78. The molecule has 130 valence electrons. The van der Waals surface area contributed by atoms with Crippen LogP contribution >= 0.6 is 11.8 Å². The number of carbonyl (C=O) groups excluding carboxylic acids is 1. The molecule has 1 aromatic heterocycles. The summed E-state index contributed by atoms with van der Waals surface area (Å²) in [5, 5.41) is 11.4. The molecule has 0 radical (unpaired) electrons. The molecule has 0 aliphatic carbocycles. The summed E-state index contributed by atoms with van der Waals surface area (Å²) in [6, 6.07) is 8.14. The van der Waals surface area contributed by atoms with Gasteiger partial charge in [0.15, 0.2) is 5.16 Å². The molecule has 24 heavy (non-hydrogen) atoms. The average molecular weight is 348 g/mol. The van der Waals surface area contributed by atoms with E-state index in [1.54, 1.807) is 13.4 Å². The van der Waals surface area contributed by atoms with E-state index in [4.69, 9.17) is 4.74 Å². The van der Waals surface area contributed by atoms with E-state index in [9.17, 15) is 4.79 Å². The fraction of sp³-hybridized carbons (Fsp3) is 0.471. The second kappa shape index (κ2) is 8.73. The molecule has 1 amide bonds. The average Bonchev–Trinajstić information content (AvgIpc) is 2.98. The van der Waals surface area contributed by atoms with E-state index in [0.29, 0.717) is 0 Å². The minimum atomic E-state index is -0.212. The van der Waals surface area contributed by atoms with Crippen LogP contribution in [0.2, 0.25) is 0 Å². The van der Waals surface area contributed by atoms with E-state index in [1.807, 2.05) is 37.6 Å². The van der Waals surface area contributed by atoms with Gasteiger partial charge in [-0.1, -0.05) is 23.9 Å². The minimum absolute atomic E-state index is 0.0187. The van der Waals surface area contributed by atoms with Gasteiger partial charge in [0.2, 0.25) is 5.91 Å². The Bertz CT molecular complexity index is 657. The van der Waals surface area contributed by atoms with Crippen molar-refractivity contribution in [3.05, 3.63) is 36.2 Å². The van der Waals surface area contributed by atoms with Crippen molar-refractivity contribution in [2.75, 3.05) is 7.11 Å². The highest BCUT2D eigenvalue weighted by molar-refractivity contribution is 8.00. The number of methoxy groups -OCH3 is 1. The number of hydrogen-bond donors (Lipinski definition) is 1. The van der Waals surface area contributed by atoms with Crippen LogP contribution in [-0.4, -0.2) is 39.1 Å². The fourth-order valence-corrected chi connectivity index (χ4v) is 3.00. The zero-order valence-electron chi connectivity index (χ0n) is 14.5. The van der Waals surface area contributed by atoms with Crippen molar-refractivity contribution in [3.63, 3.8) is 0 Å². The highest BCUT2D eigenvalue weighted by Gasteiger charge is 2.18. The number of nitrogens with zero attached hydrogens (tertiary/aromatic N) is 3. The van der Waals surface area contributed by atoms with E-state index >= 15 is 0 Å². The molecule has 0 saturated carbocycles. The fourth-order valence-electron chi connectivity index (χ4n) is 2.20. The van der Waals surface area contributed by atoms with Gasteiger partial charge in [-0.15, -0.1) is 10.2 Å². The lowest BCUT2D eigenvalue weighted by molar-refractivity contribution is -0.120. The third-order valence-corrected chi connectivity index (χ3v) is 4.88. The Morgan fingerprint density at radius 2 is 2.04 bits per heavy atom. The largest absolute Gasteiger partial charge is 0.497 e. The first-order chi connectivity index (χ1) is 11.5. The van der Waals surface area contributed by atoms with Gasteiger partial charge in [-0.25, -0.2) is 0 Å². The van der Waals surface area contributed by atoms with Crippen molar-refractivity contribution in [1.29, 1.82) is 0 Å². The molecule has 2 aromatic rings. The van der Waals surface area contributed by atoms with Gasteiger partial charge in [0.25, 0.3) is 0 Å². The summed E-state index contributed by atoms with van der Waals surface area (Å²) in [6.45, 7) is 3.91. The minimum Gasteiger partial charge on any atom is -0.497 e. The molecule has 6 nitrogen and oxygen atoms in total. The van der Waals surface area contributed by atoms with Gasteiger partial charge in [-0.2, -0.15) is 0 Å². The summed E-state index contributed by atoms with van der Waals surface area (Å²) in [6.07, 6.45) is 3.43. The van der Waals surface area contributed by atoms with Crippen molar-refractivity contribution >= 4 is 17.7 Å². The Kier molecular flexibility index (Phi) is 6.66. The molecule has 1 heterocycles. The van der Waals surface area contributed by atoms with Gasteiger partial charge in [-0.05, 0) is 44.4 Å². The van der Waals surface area contributed by atoms with Crippen molar-refractivity contribution in [2.45, 2.75) is 43.1 Å². The molecule has 0 bridgehead atoms. The van der Waals surface area contributed by atoms with Gasteiger partial charge in [0.1, 0.15) is 12.1 Å². The first-order valence-corrected chi connectivity index (χ1v) is 8.81. The van der Waals surface area contributed by atoms with Crippen molar-refractivity contribution in [2.24, 2.45) is 7.05 Å². The lowest BCUT2D eigenvalue weighted by Gasteiger charge is -2.17. The maximum atomic E-state index is 12.3. The number of hydrogen-bond acceptors (Lipinski definition) is 5. The molecule has 0 aliphatic heterocycles. The highest BCUT2D eigenvalue weighted by Crippen LogP contribution is 2.20. The summed E-state index contributed by atoms with van der Waals surface area (Å²) in [4.78, 5) is 12.3. The molecule has 0 unspecified atom stereocenters. The van der Waals surface area contributed by atoms with Crippen molar-refractivity contribution in [1.82, 2.24) is 20.1 Å². The SMILES string of the molecule is COc1ccc(CC[C@H](C)NC(=O)[C@@H](C)Sc2nncn2C)cc1. The van der Waals surface area contributed by atoms with Gasteiger partial charge in [-0.3, -0.25) is 4.79 Å². The summed E-state index contributed by atoms with van der Waals surface area (Å²) < 4.78 is 6.96. The summed E-state index contributed by atoms with van der Waals surface area (Å²) >= 11 is 1.41. The standard InChI is InChI=1S/C17H24N4O2S/c1-12(5-6-14-7-9-15(23-4)10-8-14)19-16(22)13(2)24-17-20-18-11-21(17)3/h7-13H,5-6H2,1-4H3,(H,19,22)/t12-,13+/m0/s1. The maximum Gasteiger partial charge on any atom is 0.233 e. The van der Waals surface area contributed by atoms with Crippen LogP contribution in [0.15, 0.2) is 35.7 Å². The number of carbonyl (C=O) groups is 1. The summed E-state index contributed by atoms with van der Waals surface area (Å²) in [7, 11) is 3.53. The Morgan fingerprint density at radius 3 is 2.62 bits per heavy atom. The van der Waals surface area contributed by atoms with Gasteiger partial charge in [0.05, 0.1) is 12.4 Å². The Hall–Kier alpha value is -2.02. The Balaban J connectivity index is 1.77. The van der Waals surface area contributed by atoms with E-state index < -0.39 is 0 Å². The van der Waals surface area contributed by atoms with Crippen LogP contribution in [0.1, 0.15) is 25.8 Å². The molecule has 2 atom stereocenters. The predicted molar refractivity (Wildman–Crippen MR) is 95.2 cm³/mol. The number of rotatable bonds is 8. The number of amides is 1. The number of aryl methyl sites for hydroxylation is 2. The first-order valence-electron chi connectivity index (χ1n) is 7.93. The predicted octanol–water partition coefficient (Wildman–Crippen LogP) is 2.44. The van der Waals surface area contributed by atoms with Crippen LogP contribution < -0.4 is 10.1 Å². The van der Waals surface area contributed by atoms with Crippen LogP contribution in [-0.2, 0) is 18.3 Å². The molecule has 2 rings (SSSR count). The molecule has 1 aromatic carbocycles. The number of ether oxygens (including phenoxy) is 1. The third kappa shape index (κ3) is 5.26. The van der Waals surface area contributed by atoms with Crippen LogP contribution in [0.5, 0.6) is 5.75 Å². The number of nitrogens with one attached hydrogen (secondary N) is 1. The van der Waals surface area contributed by atoms with Crippen LogP contribution in [0, 0.1) is 0 Å². The van der Waals surface area contributed by atoms with Crippen LogP contribution in [0.4, 0.5) is 0 Å². The molecule has 0 spiro atoms. The van der Waals surface area contributed by atoms with Gasteiger partial charge < -0.3 is 14.6 Å². The van der Waals surface area contributed by atoms with Crippen LogP contribution in [0.3, 0.4) is 0 Å². The molecule has 1 N–H and O–H groups in total. The molecular weight excluding hydrogens is 324 g/mol. The van der Waals surface area contributed by atoms with Crippen LogP contribution in [0.25, 0.3) is 0 Å². The van der Waals surface area contributed by atoms with E-state index in [2.05, 4.69) is 27.6 Å². The third-order valence-electron chi connectivity index (χ3n) is 3.74. The molecule has 7 heteroatoms. The van der Waals surface area contributed by atoms with E-state index in [1.165, 1.54) is 17.3 Å². The molecular formula is C17H24N4O2S. The molecule has 0 fully saturated rings. The number of aromatic nitrogens is 3. The monoisotopic (exact) mass is 348 g/mol. The van der Waals surface area contributed by atoms with Gasteiger partial charge in [0, 0.05) is 13.1 Å². The zero-order chi connectivity index (χ0) is 17.5. The first kappa shape index (κ1) is 18.3. The zero-order valence-corrected chi connectivity index (χ0v) is 15.3. The van der Waals surface area contributed by atoms with E-state index in [0.717, 1.165) is 23.7 Å². The maximum absolute atomic E-state index is 12.3. The lowest BCUT2D eigenvalue weighted by atomic mass is 10.1. The molecule has 0 saturated heterocycles.